The van der Waals surface area contributed by atoms with Crippen LogP contribution in [-0.4, -0.2) is 21.1 Å². The highest BCUT2D eigenvalue weighted by Gasteiger charge is 2.15. The third kappa shape index (κ3) is 3.39. The van der Waals surface area contributed by atoms with Gasteiger partial charge in [0.05, 0.1) is 16.4 Å². The van der Waals surface area contributed by atoms with Crippen molar-refractivity contribution in [2.24, 2.45) is 0 Å². The highest BCUT2D eigenvalue weighted by atomic mass is 35.5. The molecule has 0 radical (unpaired) electrons. The van der Waals surface area contributed by atoms with E-state index in [4.69, 9.17) is 23.2 Å². The second kappa shape index (κ2) is 6.38. The van der Waals surface area contributed by atoms with Gasteiger partial charge in [-0.25, -0.2) is 4.98 Å². The van der Waals surface area contributed by atoms with Crippen molar-refractivity contribution in [2.45, 2.75) is 37.4 Å². The first-order valence-corrected chi connectivity index (χ1v) is 8.45. The van der Waals surface area contributed by atoms with Crippen LogP contribution >= 0.6 is 35.0 Å². The van der Waals surface area contributed by atoms with Gasteiger partial charge in [0.25, 0.3) is 0 Å². The van der Waals surface area contributed by atoms with E-state index in [2.05, 4.69) is 22.7 Å². The zero-order valence-corrected chi connectivity index (χ0v) is 13.7. The molecule has 2 atom stereocenters. The molecule has 0 aliphatic carbocycles. The maximum Gasteiger partial charge on any atom is 0.127 e. The lowest BCUT2D eigenvalue weighted by Crippen LogP contribution is -2.08. The van der Waals surface area contributed by atoms with E-state index in [-0.39, 0.29) is 5.38 Å². The van der Waals surface area contributed by atoms with E-state index in [1.54, 1.807) is 0 Å². The zero-order chi connectivity index (χ0) is 14.0. The molecule has 1 aromatic carbocycles. The van der Waals surface area contributed by atoms with Crippen LogP contribution < -0.4 is 0 Å². The molecule has 19 heavy (non-hydrogen) atoms. The molecule has 1 heterocycles. The van der Waals surface area contributed by atoms with E-state index < -0.39 is 0 Å². The number of fused-ring (bicyclic) bond motifs is 1. The molecule has 1 aromatic heterocycles. The quantitative estimate of drug-likeness (QED) is 0.711. The fraction of sp³-hybridized carbons (Fsp3) is 0.500. The van der Waals surface area contributed by atoms with Crippen LogP contribution in [0.3, 0.4) is 0 Å². The molecule has 0 saturated carbocycles. The van der Waals surface area contributed by atoms with Crippen molar-refractivity contribution in [1.29, 1.82) is 0 Å². The minimum absolute atomic E-state index is 0.101. The number of aromatic nitrogens is 2. The molecule has 0 bridgehead atoms. The van der Waals surface area contributed by atoms with Gasteiger partial charge in [0.1, 0.15) is 5.82 Å². The summed E-state index contributed by atoms with van der Waals surface area (Å²) in [6, 6.07) is 5.83. The van der Waals surface area contributed by atoms with Crippen molar-refractivity contribution in [3.63, 3.8) is 0 Å². The normalized spacial score (nSPS) is 14.8. The van der Waals surface area contributed by atoms with Gasteiger partial charge in [-0.05, 0) is 37.8 Å². The minimum Gasteiger partial charge on any atom is -0.327 e. The lowest BCUT2D eigenvalue weighted by Gasteiger charge is -2.13. The first kappa shape index (κ1) is 15.0. The Kier molecular flexibility index (Phi) is 5.04. The van der Waals surface area contributed by atoms with Crippen LogP contribution in [0.15, 0.2) is 18.2 Å². The van der Waals surface area contributed by atoms with E-state index >= 15 is 0 Å². The van der Waals surface area contributed by atoms with Crippen molar-refractivity contribution < 1.29 is 0 Å². The third-order valence-corrected chi connectivity index (χ3v) is 4.73. The van der Waals surface area contributed by atoms with Gasteiger partial charge in [0, 0.05) is 16.8 Å². The van der Waals surface area contributed by atoms with E-state index in [0.717, 1.165) is 29.8 Å². The number of imidazole rings is 1. The zero-order valence-electron chi connectivity index (χ0n) is 11.4. The summed E-state index contributed by atoms with van der Waals surface area (Å²) in [5, 5.41) is 1.24. The molecule has 2 nitrogen and oxygen atoms in total. The van der Waals surface area contributed by atoms with E-state index in [0.29, 0.717) is 10.3 Å². The molecule has 5 heteroatoms. The summed E-state index contributed by atoms with van der Waals surface area (Å²) in [6.07, 6.45) is 3.24. The summed E-state index contributed by atoms with van der Waals surface area (Å²) in [5.74, 6) is 0.923. The van der Waals surface area contributed by atoms with Gasteiger partial charge in [-0.3, -0.25) is 0 Å². The Labute approximate surface area is 128 Å². The van der Waals surface area contributed by atoms with E-state index in [1.807, 2.05) is 36.9 Å². The summed E-state index contributed by atoms with van der Waals surface area (Å²) >= 11 is 14.2. The average molecular weight is 317 g/mol. The van der Waals surface area contributed by atoms with E-state index in [1.165, 1.54) is 0 Å². The standard InChI is InChI=1S/C14H18Cl2N2S/c1-9(19-3)6-7-18-13-5-4-11(16)8-12(13)17-14(18)10(2)15/h4-5,8-10H,6-7H2,1-3H3. The molecule has 0 aliphatic heterocycles. The predicted octanol–water partition coefficient (Wildman–Crippen LogP) is 5.13. The number of halogens is 2. The molecule has 0 spiro atoms. The summed E-state index contributed by atoms with van der Waals surface area (Å²) in [4.78, 5) is 4.62. The highest BCUT2D eigenvalue weighted by molar-refractivity contribution is 7.99. The number of benzene rings is 1. The average Bonchev–Trinajstić information content (AvgIpc) is 2.73. The third-order valence-electron chi connectivity index (χ3n) is 3.26. The molecule has 2 rings (SSSR count). The van der Waals surface area contributed by atoms with Crippen LogP contribution in [0, 0.1) is 0 Å². The second-order valence-corrected chi connectivity index (χ2v) is 7.07. The summed E-state index contributed by atoms with van der Waals surface area (Å²) in [7, 11) is 0. The Morgan fingerprint density at radius 2 is 2.11 bits per heavy atom. The number of thioether (sulfide) groups is 1. The Morgan fingerprint density at radius 3 is 2.74 bits per heavy atom. The molecule has 0 saturated heterocycles. The number of alkyl halides is 1. The monoisotopic (exact) mass is 316 g/mol. The smallest absolute Gasteiger partial charge is 0.127 e. The molecular weight excluding hydrogens is 299 g/mol. The summed E-state index contributed by atoms with van der Waals surface area (Å²) < 4.78 is 2.22. The summed E-state index contributed by atoms with van der Waals surface area (Å²) in [6.45, 7) is 5.13. The molecule has 0 N–H and O–H groups in total. The van der Waals surface area contributed by atoms with Crippen LogP contribution in [0.2, 0.25) is 5.02 Å². The molecule has 0 fully saturated rings. The fourth-order valence-electron chi connectivity index (χ4n) is 2.09. The van der Waals surface area contributed by atoms with Crippen molar-refractivity contribution in [1.82, 2.24) is 9.55 Å². The van der Waals surface area contributed by atoms with Crippen LogP contribution in [0.5, 0.6) is 0 Å². The first-order chi connectivity index (χ1) is 9.02. The molecule has 2 unspecified atom stereocenters. The van der Waals surface area contributed by atoms with Gasteiger partial charge in [-0.1, -0.05) is 18.5 Å². The second-order valence-electron chi connectivity index (χ2n) is 4.71. The van der Waals surface area contributed by atoms with E-state index in [9.17, 15) is 0 Å². The maximum atomic E-state index is 6.25. The van der Waals surface area contributed by atoms with Gasteiger partial charge in [0.15, 0.2) is 0 Å². The number of hydrogen-bond acceptors (Lipinski definition) is 2. The molecular formula is C14H18Cl2N2S. The lowest BCUT2D eigenvalue weighted by molar-refractivity contribution is 0.623. The Bertz CT molecular complexity index is 566. The van der Waals surface area contributed by atoms with Gasteiger partial charge < -0.3 is 4.57 Å². The van der Waals surface area contributed by atoms with Gasteiger partial charge in [-0.15, -0.1) is 11.6 Å². The van der Waals surface area contributed by atoms with Crippen molar-refractivity contribution in [3.05, 3.63) is 29.0 Å². The topological polar surface area (TPSA) is 17.8 Å². The van der Waals surface area contributed by atoms with Gasteiger partial charge in [-0.2, -0.15) is 11.8 Å². The highest BCUT2D eigenvalue weighted by Crippen LogP contribution is 2.27. The van der Waals surface area contributed by atoms with Gasteiger partial charge >= 0.3 is 0 Å². The fourth-order valence-corrected chi connectivity index (χ4v) is 2.76. The Balaban J connectivity index is 2.40. The van der Waals surface area contributed by atoms with Crippen molar-refractivity contribution in [3.8, 4) is 0 Å². The van der Waals surface area contributed by atoms with Crippen molar-refractivity contribution in [2.75, 3.05) is 6.26 Å². The van der Waals surface area contributed by atoms with Crippen LogP contribution in [0.25, 0.3) is 11.0 Å². The van der Waals surface area contributed by atoms with Gasteiger partial charge in [0.2, 0.25) is 0 Å². The molecule has 0 amide bonds. The van der Waals surface area contributed by atoms with Crippen LogP contribution in [-0.2, 0) is 6.54 Å². The largest absolute Gasteiger partial charge is 0.327 e. The lowest BCUT2D eigenvalue weighted by atomic mass is 10.3. The Hall–Kier alpha value is -0.380. The number of rotatable bonds is 5. The Morgan fingerprint density at radius 1 is 1.37 bits per heavy atom. The van der Waals surface area contributed by atoms with Crippen LogP contribution in [0.1, 0.15) is 31.5 Å². The molecule has 2 aromatic rings. The minimum atomic E-state index is -0.101. The first-order valence-electron chi connectivity index (χ1n) is 6.35. The number of nitrogens with zero attached hydrogens (tertiary/aromatic N) is 2. The predicted molar refractivity (Wildman–Crippen MR) is 86.6 cm³/mol. The summed E-state index contributed by atoms with van der Waals surface area (Å²) in [5.41, 5.74) is 2.03. The van der Waals surface area contributed by atoms with Crippen molar-refractivity contribution >= 4 is 46.0 Å². The number of hydrogen-bond donors (Lipinski definition) is 0. The molecule has 104 valence electrons. The maximum absolute atomic E-state index is 6.25. The van der Waals surface area contributed by atoms with Crippen LogP contribution in [0.4, 0.5) is 0 Å². The SMILES string of the molecule is CSC(C)CCn1c(C(C)Cl)nc2cc(Cl)ccc21. The molecule has 0 aliphatic rings. The number of aryl methyl sites for hydroxylation is 1.